The second kappa shape index (κ2) is 5.76. The van der Waals surface area contributed by atoms with Gasteiger partial charge in [0.15, 0.2) is 0 Å². The van der Waals surface area contributed by atoms with E-state index in [0.29, 0.717) is 0 Å². The van der Waals surface area contributed by atoms with E-state index in [1.54, 1.807) is 6.07 Å². The van der Waals surface area contributed by atoms with Gasteiger partial charge in [0.05, 0.1) is 0 Å². The molecule has 1 aromatic rings. The third kappa shape index (κ3) is 3.46. The van der Waals surface area contributed by atoms with Gasteiger partial charge in [-0.25, -0.2) is 4.39 Å². The standard InChI is InChI=1S/C12H18FN/c1-2-11(14)8-5-7-10-6-3-4-9-12(10)13/h3-4,6,9,11H,2,5,7-8,14H2,1H3. The first-order valence-electron chi connectivity index (χ1n) is 5.23. The molecule has 0 saturated heterocycles. The summed E-state index contributed by atoms with van der Waals surface area (Å²) in [6, 6.07) is 7.21. The Morgan fingerprint density at radius 1 is 1.36 bits per heavy atom. The van der Waals surface area contributed by atoms with Gasteiger partial charge in [0, 0.05) is 6.04 Å². The van der Waals surface area contributed by atoms with Crippen LogP contribution >= 0.6 is 0 Å². The third-order valence-electron chi connectivity index (χ3n) is 2.50. The molecule has 2 N–H and O–H groups in total. The van der Waals surface area contributed by atoms with E-state index in [0.717, 1.165) is 31.2 Å². The SMILES string of the molecule is CCC(N)CCCc1ccccc1F. The maximum absolute atomic E-state index is 13.2. The molecule has 0 heterocycles. The van der Waals surface area contributed by atoms with E-state index in [4.69, 9.17) is 5.73 Å². The van der Waals surface area contributed by atoms with Crippen molar-refractivity contribution in [2.45, 2.75) is 38.6 Å². The Labute approximate surface area is 85.1 Å². The van der Waals surface area contributed by atoms with Crippen molar-refractivity contribution in [2.24, 2.45) is 5.73 Å². The van der Waals surface area contributed by atoms with Crippen LogP contribution in [0.1, 0.15) is 31.7 Å². The predicted molar refractivity (Wildman–Crippen MR) is 57.6 cm³/mol. The van der Waals surface area contributed by atoms with Crippen LogP contribution in [0.4, 0.5) is 4.39 Å². The Kier molecular flexibility index (Phi) is 4.60. The van der Waals surface area contributed by atoms with Crippen LogP contribution in [0.5, 0.6) is 0 Å². The zero-order chi connectivity index (χ0) is 10.4. The lowest BCUT2D eigenvalue weighted by Gasteiger charge is -2.08. The van der Waals surface area contributed by atoms with Crippen molar-refractivity contribution in [2.75, 3.05) is 0 Å². The Hall–Kier alpha value is -0.890. The van der Waals surface area contributed by atoms with Gasteiger partial charge in [-0.2, -0.15) is 0 Å². The molecule has 1 nitrogen and oxygen atoms in total. The van der Waals surface area contributed by atoms with Gasteiger partial charge in [0.25, 0.3) is 0 Å². The van der Waals surface area contributed by atoms with Gasteiger partial charge in [-0.3, -0.25) is 0 Å². The summed E-state index contributed by atoms with van der Waals surface area (Å²) in [5.41, 5.74) is 6.58. The van der Waals surface area contributed by atoms with Gasteiger partial charge in [-0.15, -0.1) is 0 Å². The maximum atomic E-state index is 13.2. The quantitative estimate of drug-likeness (QED) is 0.768. The van der Waals surface area contributed by atoms with Crippen LogP contribution < -0.4 is 5.73 Å². The van der Waals surface area contributed by atoms with E-state index in [1.807, 2.05) is 12.1 Å². The number of aryl methyl sites for hydroxylation is 1. The first kappa shape index (κ1) is 11.2. The van der Waals surface area contributed by atoms with Crippen molar-refractivity contribution >= 4 is 0 Å². The van der Waals surface area contributed by atoms with Crippen molar-refractivity contribution in [3.63, 3.8) is 0 Å². The summed E-state index contributed by atoms with van der Waals surface area (Å²) in [4.78, 5) is 0. The summed E-state index contributed by atoms with van der Waals surface area (Å²) < 4.78 is 13.2. The summed E-state index contributed by atoms with van der Waals surface area (Å²) in [6.07, 6.45) is 3.73. The summed E-state index contributed by atoms with van der Waals surface area (Å²) in [5, 5.41) is 0. The van der Waals surface area contributed by atoms with E-state index >= 15 is 0 Å². The number of rotatable bonds is 5. The number of benzene rings is 1. The van der Waals surface area contributed by atoms with E-state index in [1.165, 1.54) is 6.07 Å². The monoisotopic (exact) mass is 195 g/mol. The second-order valence-corrected chi connectivity index (χ2v) is 3.65. The van der Waals surface area contributed by atoms with Gasteiger partial charge < -0.3 is 5.73 Å². The zero-order valence-corrected chi connectivity index (χ0v) is 8.67. The smallest absolute Gasteiger partial charge is 0.126 e. The molecule has 2 heteroatoms. The maximum Gasteiger partial charge on any atom is 0.126 e. The highest BCUT2D eigenvalue weighted by molar-refractivity contribution is 5.17. The van der Waals surface area contributed by atoms with Crippen molar-refractivity contribution in [3.05, 3.63) is 35.6 Å². The largest absolute Gasteiger partial charge is 0.328 e. The molecule has 0 aromatic heterocycles. The van der Waals surface area contributed by atoms with Crippen LogP contribution in [0.2, 0.25) is 0 Å². The third-order valence-corrected chi connectivity index (χ3v) is 2.50. The van der Waals surface area contributed by atoms with E-state index < -0.39 is 0 Å². The molecule has 0 aliphatic carbocycles. The molecule has 0 aliphatic heterocycles. The lowest BCUT2D eigenvalue weighted by Crippen LogP contribution is -2.18. The van der Waals surface area contributed by atoms with Crippen molar-refractivity contribution in [3.8, 4) is 0 Å². The van der Waals surface area contributed by atoms with Crippen LogP contribution in [-0.2, 0) is 6.42 Å². The van der Waals surface area contributed by atoms with Gasteiger partial charge in [0.2, 0.25) is 0 Å². The van der Waals surface area contributed by atoms with Crippen LogP contribution in [0.15, 0.2) is 24.3 Å². The van der Waals surface area contributed by atoms with Crippen molar-refractivity contribution in [1.82, 2.24) is 0 Å². The number of hydrogen-bond acceptors (Lipinski definition) is 1. The molecule has 78 valence electrons. The highest BCUT2D eigenvalue weighted by Crippen LogP contribution is 2.11. The molecule has 1 unspecified atom stereocenters. The summed E-state index contributed by atoms with van der Waals surface area (Å²) in [6.45, 7) is 2.08. The second-order valence-electron chi connectivity index (χ2n) is 3.65. The molecule has 1 rings (SSSR count). The lowest BCUT2D eigenvalue weighted by atomic mass is 10.0. The summed E-state index contributed by atoms with van der Waals surface area (Å²) >= 11 is 0. The molecule has 14 heavy (non-hydrogen) atoms. The summed E-state index contributed by atoms with van der Waals surface area (Å²) in [7, 11) is 0. The Morgan fingerprint density at radius 3 is 2.71 bits per heavy atom. The fourth-order valence-corrected chi connectivity index (χ4v) is 1.46. The molecular weight excluding hydrogens is 177 g/mol. The molecule has 0 amide bonds. The van der Waals surface area contributed by atoms with E-state index in [9.17, 15) is 4.39 Å². The van der Waals surface area contributed by atoms with Crippen LogP contribution in [0.3, 0.4) is 0 Å². The highest BCUT2D eigenvalue weighted by Gasteiger charge is 2.02. The predicted octanol–water partition coefficient (Wildman–Crippen LogP) is 2.89. The first-order valence-corrected chi connectivity index (χ1v) is 5.23. The lowest BCUT2D eigenvalue weighted by molar-refractivity contribution is 0.553. The molecule has 0 fully saturated rings. The average Bonchev–Trinajstić information content (AvgIpc) is 2.20. The minimum atomic E-state index is -0.0995. The van der Waals surface area contributed by atoms with Crippen molar-refractivity contribution in [1.29, 1.82) is 0 Å². The normalized spacial score (nSPS) is 12.8. The average molecular weight is 195 g/mol. The first-order chi connectivity index (χ1) is 6.74. The van der Waals surface area contributed by atoms with Gasteiger partial charge in [0.1, 0.15) is 5.82 Å². The Morgan fingerprint density at radius 2 is 2.07 bits per heavy atom. The van der Waals surface area contributed by atoms with Gasteiger partial charge in [-0.05, 0) is 37.3 Å². The minimum absolute atomic E-state index is 0.0995. The zero-order valence-electron chi connectivity index (χ0n) is 8.67. The molecule has 1 atom stereocenters. The fraction of sp³-hybridized carbons (Fsp3) is 0.500. The van der Waals surface area contributed by atoms with E-state index in [-0.39, 0.29) is 11.9 Å². The number of halogens is 1. The van der Waals surface area contributed by atoms with Gasteiger partial charge in [-0.1, -0.05) is 25.1 Å². The summed E-state index contributed by atoms with van der Waals surface area (Å²) in [5.74, 6) is -0.0995. The number of hydrogen-bond donors (Lipinski definition) is 1. The molecule has 0 radical (unpaired) electrons. The fourth-order valence-electron chi connectivity index (χ4n) is 1.46. The highest BCUT2D eigenvalue weighted by atomic mass is 19.1. The molecule has 0 saturated carbocycles. The molecule has 0 bridgehead atoms. The Bertz CT molecular complexity index is 273. The van der Waals surface area contributed by atoms with Crippen LogP contribution in [0.25, 0.3) is 0 Å². The Balaban J connectivity index is 2.35. The van der Waals surface area contributed by atoms with E-state index in [2.05, 4.69) is 6.92 Å². The molecule has 0 aliphatic rings. The van der Waals surface area contributed by atoms with Crippen LogP contribution in [-0.4, -0.2) is 6.04 Å². The molecular formula is C12H18FN. The number of nitrogens with two attached hydrogens (primary N) is 1. The minimum Gasteiger partial charge on any atom is -0.328 e. The molecule has 0 spiro atoms. The van der Waals surface area contributed by atoms with Gasteiger partial charge >= 0.3 is 0 Å². The van der Waals surface area contributed by atoms with Crippen molar-refractivity contribution < 1.29 is 4.39 Å². The molecule has 1 aromatic carbocycles. The topological polar surface area (TPSA) is 26.0 Å². The van der Waals surface area contributed by atoms with Crippen LogP contribution in [0, 0.1) is 5.82 Å².